The first-order valence-electron chi connectivity index (χ1n) is 10.8. The van der Waals surface area contributed by atoms with E-state index in [-0.39, 0.29) is 34.2 Å². The first kappa shape index (κ1) is 24.2. The third-order valence-electron chi connectivity index (χ3n) is 5.87. The van der Waals surface area contributed by atoms with Gasteiger partial charge in [0.05, 0.1) is 43.5 Å². The lowest BCUT2D eigenvalue weighted by Crippen LogP contribution is -2.29. The van der Waals surface area contributed by atoms with E-state index >= 15 is 0 Å². The molecule has 7 nitrogen and oxygen atoms in total. The Bertz CT molecular complexity index is 1300. The first-order valence-corrected chi connectivity index (χ1v) is 11.2. The second-order valence-electron chi connectivity index (χ2n) is 7.88. The number of methoxy groups -OCH3 is 3. The van der Waals surface area contributed by atoms with Crippen LogP contribution in [-0.2, 0) is 16.1 Å². The molecule has 0 aliphatic carbocycles. The van der Waals surface area contributed by atoms with Gasteiger partial charge in [0.1, 0.15) is 23.0 Å². The molecule has 8 heteroatoms. The average Bonchev–Trinajstić information content (AvgIpc) is 3.13. The molecular weight excluding hydrogens is 470 g/mol. The molecule has 3 aromatic carbocycles. The van der Waals surface area contributed by atoms with E-state index in [2.05, 4.69) is 0 Å². The number of Topliss-reactive ketones (excluding diaryl/α,β-unsaturated/α-hetero) is 1. The van der Waals surface area contributed by atoms with Crippen LogP contribution in [0.4, 0.5) is 0 Å². The summed E-state index contributed by atoms with van der Waals surface area (Å²) in [4.78, 5) is 28.0. The number of likely N-dealkylation sites (tertiary alicyclic amines) is 1. The first-order chi connectivity index (χ1) is 16.9. The second-order valence-corrected chi connectivity index (χ2v) is 8.28. The Balaban J connectivity index is 1.89. The molecule has 1 aliphatic rings. The highest BCUT2D eigenvalue weighted by Crippen LogP contribution is 2.43. The molecule has 1 saturated heterocycles. The number of aliphatic hydroxyl groups excluding tert-OH is 1. The number of benzene rings is 3. The van der Waals surface area contributed by atoms with E-state index in [1.54, 1.807) is 31.4 Å². The maximum atomic E-state index is 13.3. The lowest BCUT2D eigenvalue weighted by Gasteiger charge is -2.25. The highest BCUT2D eigenvalue weighted by atomic mass is 35.5. The summed E-state index contributed by atoms with van der Waals surface area (Å²) in [6.07, 6.45) is 0. The molecule has 1 amide bonds. The molecule has 0 bridgehead atoms. The maximum absolute atomic E-state index is 13.3. The number of nitrogens with zero attached hydrogens (tertiary/aromatic N) is 1. The van der Waals surface area contributed by atoms with Gasteiger partial charge >= 0.3 is 0 Å². The van der Waals surface area contributed by atoms with Gasteiger partial charge in [-0.2, -0.15) is 0 Å². The minimum absolute atomic E-state index is 0.0522. The number of ether oxygens (including phenoxy) is 3. The smallest absolute Gasteiger partial charge is 0.295 e. The van der Waals surface area contributed by atoms with Crippen LogP contribution in [0.25, 0.3) is 5.76 Å². The Morgan fingerprint density at radius 1 is 0.914 bits per heavy atom. The number of rotatable bonds is 7. The SMILES string of the molecule is COc1cccc(CN2C(=O)C(=O)/C(=C(/O)c3cc(Cl)c(OC)cc3OC)C2c2ccccc2)c1. The van der Waals surface area contributed by atoms with Crippen molar-refractivity contribution < 1.29 is 28.9 Å². The Hall–Kier alpha value is -3.97. The van der Waals surface area contributed by atoms with Crippen molar-refractivity contribution >= 4 is 29.1 Å². The van der Waals surface area contributed by atoms with E-state index in [9.17, 15) is 14.7 Å². The van der Waals surface area contributed by atoms with E-state index < -0.39 is 17.7 Å². The molecule has 0 radical (unpaired) electrons. The van der Waals surface area contributed by atoms with Crippen molar-refractivity contribution in [3.05, 3.63) is 94.0 Å². The van der Waals surface area contributed by atoms with Gasteiger partial charge in [-0.05, 0) is 29.3 Å². The van der Waals surface area contributed by atoms with Gasteiger partial charge in [-0.25, -0.2) is 0 Å². The van der Waals surface area contributed by atoms with Crippen molar-refractivity contribution in [2.45, 2.75) is 12.6 Å². The number of halogens is 1. The topological polar surface area (TPSA) is 85.3 Å². The summed E-state index contributed by atoms with van der Waals surface area (Å²) in [5.74, 6) is -0.678. The predicted octanol–water partition coefficient (Wildman–Crippen LogP) is 4.99. The standard InChI is InChI=1S/C27H24ClNO6/c1-33-18-11-7-8-16(12-18)15-29-24(17-9-5-4-6-10-17)23(26(31)27(29)32)25(30)19-13-20(28)22(35-3)14-21(19)34-2/h4-14,24,30H,15H2,1-3H3/b25-23+. The van der Waals surface area contributed by atoms with Gasteiger partial charge < -0.3 is 24.2 Å². The highest BCUT2D eigenvalue weighted by molar-refractivity contribution is 6.46. The van der Waals surface area contributed by atoms with Crippen LogP contribution in [0, 0.1) is 0 Å². The zero-order chi connectivity index (χ0) is 25.1. The average molecular weight is 494 g/mol. The van der Waals surface area contributed by atoms with E-state index in [1.165, 1.54) is 31.3 Å². The predicted molar refractivity (Wildman–Crippen MR) is 132 cm³/mol. The number of aliphatic hydroxyl groups is 1. The fourth-order valence-corrected chi connectivity index (χ4v) is 4.42. The van der Waals surface area contributed by atoms with Crippen LogP contribution < -0.4 is 14.2 Å². The Morgan fingerprint density at radius 2 is 1.63 bits per heavy atom. The molecule has 1 N–H and O–H groups in total. The molecule has 0 saturated carbocycles. The molecule has 1 aliphatic heterocycles. The van der Waals surface area contributed by atoms with Crippen molar-refractivity contribution in [3.8, 4) is 17.2 Å². The van der Waals surface area contributed by atoms with E-state index in [0.29, 0.717) is 17.1 Å². The quantitative estimate of drug-likeness (QED) is 0.283. The van der Waals surface area contributed by atoms with Crippen molar-refractivity contribution in [2.75, 3.05) is 21.3 Å². The Labute approximate surface area is 208 Å². The summed E-state index contributed by atoms with van der Waals surface area (Å²) in [6, 6.07) is 18.5. The van der Waals surface area contributed by atoms with Crippen LogP contribution >= 0.6 is 11.6 Å². The van der Waals surface area contributed by atoms with Gasteiger partial charge in [0.25, 0.3) is 11.7 Å². The molecule has 180 valence electrons. The number of carbonyl (C=O) groups excluding carboxylic acids is 2. The largest absolute Gasteiger partial charge is 0.507 e. The normalized spacial score (nSPS) is 16.9. The van der Waals surface area contributed by atoms with Crippen LogP contribution in [0.1, 0.15) is 22.7 Å². The molecule has 0 aromatic heterocycles. The highest BCUT2D eigenvalue weighted by Gasteiger charge is 2.46. The maximum Gasteiger partial charge on any atom is 0.295 e. The number of carbonyl (C=O) groups is 2. The van der Waals surface area contributed by atoms with Crippen LogP contribution in [0.5, 0.6) is 17.2 Å². The van der Waals surface area contributed by atoms with Gasteiger partial charge in [-0.1, -0.05) is 54.1 Å². The second kappa shape index (κ2) is 10.1. The zero-order valence-electron chi connectivity index (χ0n) is 19.4. The number of hydrogen-bond acceptors (Lipinski definition) is 6. The summed E-state index contributed by atoms with van der Waals surface area (Å²) in [5.41, 5.74) is 1.58. The lowest BCUT2D eigenvalue weighted by molar-refractivity contribution is -0.140. The van der Waals surface area contributed by atoms with Crippen LogP contribution in [-0.4, -0.2) is 43.0 Å². The van der Waals surface area contributed by atoms with Gasteiger partial charge in [-0.3, -0.25) is 9.59 Å². The summed E-state index contributed by atoms with van der Waals surface area (Å²) in [7, 11) is 4.44. The number of hydrogen-bond donors (Lipinski definition) is 1. The van der Waals surface area contributed by atoms with Gasteiger partial charge in [0.15, 0.2) is 0 Å². The summed E-state index contributed by atoms with van der Waals surface area (Å²) in [5, 5.41) is 11.6. The third-order valence-corrected chi connectivity index (χ3v) is 6.17. The van der Waals surface area contributed by atoms with E-state index in [4.69, 9.17) is 25.8 Å². The molecule has 1 unspecified atom stereocenters. The van der Waals surface area contributed by atoms with E-state index in [0.717, 1.165) is 5.56 Å². The number of ketones is 1. The van der Waals surface area contributed by atoms with Gasteiger partial charge in [-0.15, -0.1) is 0 Å². The van der Waals surface area contributed by atoms with Crippen LogP contribution in [0.3, 0.4) is 0 Å². The van der Waals surface area contributed by atoms with Crippen molar-refractivity contribution in [1.29, 1.82) is 0 Å². The fourth-order valence-electron chi connectivity index (χ4n) is 4.18. The van der Waals surface area contributed by atoms with Crippen molar-refractivity contribution in [3.63, 3.8) is 0 Å². The van der Waals surface area contributed by atoms with E-state index in [1.807, 2.05) is 30.3 Å². The lowest BCUT2D eigenvalue weighted by atomic mass is 9.95. The molecule has 0 spiro atoms. The monoisotopic (exact) mass is 493 g/mol. The van der Waals surface area contributed by atoms with Crippen molar-refractivity contribution in [1.82, 2.24) is 4.90 Å². The minimum atomic E-state index is -0.826. The summed E-state index contributed by atoms with van der Waals surface area (Å²) >= 11 is 6.30. The fraction of sp³-hybridized carbons (Fsp3) is 0.185. The molecule has 35 heavy (non-hydrogen) atoms. The summed E-state index contributed by atoms with van der Waals surface area (Å²) in [6.45, 7) is 0.138. The Morgan fingerprint density at radius 3 is 2.29 bits per heavy atom. The minimum Gasteiger partial charge on any atom is -0.507 e. The van der Waals surface area contributed by atoms with Crippen LogP contribution in [0.15, 0.2) is 72.3 Å². The molecule has 1 atom stereocenters. The molecule has 1 fully saturated rings. The molecule has 1 heterocycles. The zero-order valence-corrected chi connectivity index (χ0v) is 20.2. The number of amides is 1. The van der Waals surface area contributed by atoms with Gasteiger partial charge in [0, 0.05) is 12.6 Å². The molecule has 4 rings (SSSR count). The molecule has 3 aromatic rings. The summed E-state index contributed by atoms with van der Waals surface area (Å²) < 4.78 is 15.9. The third kappa shape index (κ3) is 4.55. The van der Waals surface area contributed by atoms with Crippen molar-refractivity contribution in [2.24, 2.45) is 0 Å². The molecular formula is C27H24ClNO6. The van der Waals surface area contributed by atoms with Gasteiger partial charge in [0.2, 0.25) is 0 Å². The Kier molecular flexibility index (Phi) is 6.98. The van der Waals surface area contributed by atoms with Crippen LogP contribution in [0.2, 0.25) is 5.02 Å².